The lowest BCUT2D eigenvalue weighted by molar-refractivity contribution is 0.599. The fourth-order valence-electron chi connectivity index (χ4n) is 2.45. The molecule has 0 radical (unpaired) electrons. The molecule has 0 bridgehead atoms. The van der Waals surface area contributed by atoms with Crippen LogP contribution >= 0.6 is 15.9 Å². The summed E-state index contributed by atoms with van der Waals surface area (Å²) in [4.78, 5) is 0. The molecule has 2 aromatic rings. The number of hydrogen-bond donors (Lipinski definition) is 1. The third kappa shape index (κ3) is 3.10. The molecule has 0 saturated heterocycles. The molecule has 2 aromatic carbocycles. The van der Waals surface area contributed by atoms with E-state index in [1.54, 1.807) is 6.07 Å². The average Bonchev–Trinajstić information content (AvgIpc) is 2.43. The summed E-state index contributed by atoms with van der Waals surface area (Å²) in [6, 6.07) is 11.1. The molecule has 0 heterocycles. The first-order valence-corrected chi connectivity index (χ1v) is 7.58. The SMILES string of the molecule is CCNC(c1cc(F)ccc1C)c1cccc(Br)c1C. The van der Waals surface area contributed by atoms with Gasteiger partial charge in [0.15, 0.2) is 0 Å². The minimum Gasteiger partial charge on any atom is -0.307 e. The summed E-state index contributed by atoms with van der Waals surface area (Å²) >= 11 is 3.57. The van der Waals surface area contributed by atoms with Crippen LogP contribution in [-0.4, -0.2) is 6.54 Å². The summed E-state index contributed by atoms with van der Waals surface area (Å²) in [5, 5.41) is 3.46. The van der Waals surface area contributed by atoms with Crippen molar-refractivity contribution in [1.82, 2.24) is 5.32 Å². The molecule has 106 valence electrons. The van der Waals surface area contributed by atoms with Crippen LogP contribution in [0.5, 0.6) is 0 Å². The number of nitrogens with one attached hydrogen (secondary N) is 1. The van der Waals surface area contributed by atoms with E-state index in [9.17, 15) is 4.39 Å². The van der Waals surface area contributed by atoms with E-state index in [-0.39, 0.29) is 11.9 Å². The Kier molecular flexibility index (Phi) is 4.95. The van der Waals surface area contributed by atoms with Gasteiger partial charge in [-0.15, -0.1) is 0 Å². The number of rotatable bonds is 4. The van der Waals surface area contributed by atoms with Gasteiger partial charge in [0.1, 0.15) is 5.82 Å². The summed E-state index contributed by atoms with van der Waals surface area (Å²) in [6.07, 6.45) is 0. The van der Waals surface area contributed by atoms with Crippen molar-refractivity contribution in [2.75, 3.05) is 6.54 Å². The Balaban J connectivity index is 2.56. The normalized spacial score (nSPS) is 12.4. The van der Waals surface area contributed by atoms with Crippen molar-refractivity contribution in [3.63, 3.8) is 0 Å². The average molecular weight is 336 g/mol. The molecule has 0 aromatic heterocycles. The molecule has 2 rings (SSSR count). The van der Waals surface area contributed by atoms with Crippen LogP contribution in [0.15, 0.2) is 40.9 Å². The van der Waals surface area contributed by atoms with E-state index < -0.39 is 0 Å². The highest BCUT2D eigenvalue weighted by Gasteiger charge is 2.18. The second kappa shape index (κ2) is 6.51. The van der Waals surface area contributed by atoms with E-state index >= 15 is 0 Å². The van der Waals surface area contributed by atoms with Gasteiger partial charge < -0.3 is 5.32 Å². The van der Waals surface area contributed by atoms with Crippen molar-refractivity contribution < 1.29 is 4.39 Å². The molecular formula is C17H19BrFN. The maximum Gasteiger partial charge on any atom is 0.123 e. The Morgan fingerprint density at radius 2 is 1.90 bits per heavy atom. The Hall–Kier alpha value is -1.19. The fourth-order valence-corrected chi connectivity index (χ4v) is 2.83. The molecule has 3 heteroatoms. The Morgan fingerprint density at radius 3 is 2.60 bits per heavy atom. The van der Waals surface area contributed by atoms with Crippen LogP contribution in [0.25, 0.3) is 0 Å². The van der Waals surface area contributed by atoms with Gasteiger partial charge in [-0.05, 0) is 60.8 Å². The van der Waals surface area contributed by atoms with Crippen molar-refractivity contribution in [3.8, 4) is 0 Å². The van der Waals surface area contributed by atoms with Crippen LogP contribution in [0.4, 0.5) is 4.39 Å². The maximum atomic E-state index is 13.6. The van der Waals surface area contributed by atoms with E-state index in [4.69, 9.17) is 0 Å². The molecule has 1 nitrogen and oxygen atoms in total. The van der Waals surface area contributed by atoms with Crippen molar-refractivity contribution in [2.24, 2.45) is 0 Å². The van der Waals surface area contributed by atoms with Crippen molar-refractivity contribution in [2.45, 2.75) is 26.8 Å². The van der Waals surface area contributed by atoms with Crippen LogP contribution in [0.1, 0.15) is 35.2 Å². The Bertz CT molecular complexity index is 608. The Labute approximate surface area is 128 Å². The summed E-state index contributed by atoms with van der Waals surface area (Å²) in [6.45, 7) is 6.99. The van der Waals surface area contributed by atoms with Crippen LogP contribution < -0.4 is 5.32 Å². The molecule has 0 aliphatic carbocycles. The molecule has 0 saturated carbocycles. The van der Waals surface area contributed by atoms with Crippen LogP contribution in [-0.2, 0) is 0 Å². The molecule has 0 amide bonds. The van der Waals surface area contributed by atoms with Gasteiger partial charge in [0.05, 0.1) is 6.04 Å². The lowest BCUT2D eigenvalue weighted by Crippen LogP contribution is -2.23. The highest BCUT2D eigenvalue weighted by atomic mass is 79.9. The van der Waals surface area contributed by atoms with Gasteiger partial charge in [-0.25, -0.2) is 4.39 Å². The van der Waals surface area contributed by atoms with Gasteiger partial charge >= 0.3 is 0 Å². The monoisotopic (exact) mass is 335 g/mol. The first-order chi connectivity index (χ1) is 9.54. The van der Waals surface area contributed by atoms with Gasteiger partial charge in [0, 0.05) is 4.47 Å². The third-order valence-electron chi connectivity index (χ3n) is 3.58. The standard InChI is InChI=1S/C17H19BrFN/c1-4-20-17(14-6-5-7-16(18)12(14)3)15-10-13(19)9-8-11(15)2/h5-10,17,20H,4H2,1-3H3. The van der Waals surface area contributed by atoms with Crippen LogP contribution in [0, 0.1) is 19.7 Å². The summed E-state index contributed by atoms with van der Waals surface area (Å²) in [5.74, 6) is -0.193. The number of hydrogen-bond acceptors (Lipinski definition) is 1. The van der Waals surface area contributed by atoms with Crippen molar-refractivity contribution in [1.29, 1.82) is 0 Å². The van der Waals surface area contributed by atoms with Gasteiger partial charge in [0.25, 0.3) is 0 Å². The molecule has 1 N–H and O–H groups in total. The van der Waals surface area contributed by atoms with E-state index in [2.05, 4.69) is 41.2 Å². The van der Waals surface area contributed by atoms with Crippen LogP contribution in [0.3, 0.4) is 0 Å². The minimum atomic E-state index is -0.193. The van der Waals surface area contributed by atoms with Gasteiger partial charge in [0.2, 0.25) is 0 Å². The third-order valence-corrected chi connectivity index (χ3v) is 4.44. The Morgan fingerprint density at radius 1 is 1.15 bits per heavy atom. The second-order valence-electron chi connectivity index (χ2n) is 4.95. The molecule has 1 unspecified atom stereocenters. The van der Waals surface area contributed by atoms with E-state index in [0.717, 1.165) is 22.1 Å². The zero-order chi connectivity index (χ0) is 14.7. The van der Waals surface area contributed by atoms with E-state index in [1.165, 1.54) is 17.2 Å². The molecule has 0 spiro atoms. The summed E-state index contributed by atoms with van der Waals surface area (Å²) < 4.78 is 14.7. The lowest BCUT2D eigenvalue weighted by Gasteiger charge is -2.23. The van der Waals surface area contributed by atoms with Crippen molar-refractivity contribution >= 4 is 15.9 Å². The maximum absolute atomic E-state index is 13.6. The lowest BCUT2D eigenvalue weighted by atomic mass is 9.92. The van der Waals surface area contributed by atoms with Gasteiger partial charge in [-0.2, -0.15) is 0 Å². The second-order valence-corrected chi connectivity index (χ2v) is 5.80. The summed E-state index contributed by atoms with van der Waals surface area (Å²) in [7, 11) is 0. The molecule has 0 aliphatic heterocycles. The zero-order valence-corrected chi connectivity index (χ0v) is 13.6. The number of halogens is 2. The molecule has 0 fully saturated rings. The predicted molar refractivity (Wildman–Crippen MR) is 85.5 cm³/mol. The summed E-state index contributed by atoms with van der Waals surface area (Å²) in [5.41, 5.74) is 4.45. The first kappa shape index (κ1) is 15.2. The smallest absolute Gasteiger partial charge is 0.123 e. The van der Waals surface area contributed by atoms with E-state index in [0.29, 0.717) is 0 Å². The topological polar surface area (TPSA) is 12.0 Å². The van der Waals surface area contributed by atoms with Gasteiger partial charge in [-0.1, -0.05) is 41.1 Å². The molecule has 20 heavy (non-hydrogen) atoms. The highest BCUT2D eigenvalue weighted by molar-refractivity contribution is 9.10. The minimum absolute atomic E-state index is 0.00759. The van der Waals surface area contributed by atoms with Gasteiger partial charge in [-0.3, -0.25) is 0 Å². The quantitative estimate of drug-likeness (QED) is 0.837. The number of aryl methyl sites for hydroxylation is 1. The van der Waals surface area contributed by atoms with Crippen LogP contribution in [0.2, 0.25) is 0 Å². The first-order valence-electron chi connectivity index (χ1n) is 6.79. The largest absolute Gasteiger partial charge is 0.307 e. The predicted octanol–water partition coefficient (Wildman–Crippen LogP) is 4.90. The zero-order valence-electron chi connectivity index (χ0n) is 12.0. The number of benzene rings is 2. The fraction of sp³-hybridized carbons (Fsp3) is 0.294. The molecule has 0 aliphatic rings. The van der Waals surface area contributed by atoms with Crippen molar-refractivity contribution in [3.05, 3.63) is 68.9 Å². The molecular weight excluding hydrogens is 317 g/mol. The molecule has 1 atom stereocenters. The highest BCUT2D eigenvalue weighted by Crippen LogP contribution is 2.31. The van der Waals surface area contributed by atoms with E-state index in [1.807, 2.05) is 25.1 Å².